The molecule has 13 heteroatoms. The highest BCUT2D eigenvalue weighted by Gasteiger charge is 2.17. The number of ether oxygens (including phenoxy) is 5. The van der Waals surface area contributed by atoms with Crippen molar-refractivity contribution in [3.8, 4) is 39.9 Å². The number of methoxy groups -OCH3 is 3. The molecule has 5 aromatic carbocycles. The lowest BCUT2D eigenvalue weighted by Crippen LogP contribution is -2.73. The van der Waals surface area contributed by atoms with Crippen LogP contribution in [0.5, 0.6) is 28.7 Å². The Kier molecular flexibility index (Phi) is 14.9. The lowest BCUT2D eigenvalue weighted by atomic mass is 10.0. The van der Waals surface area contributed by atoms with Crippen molar-refractivity contribution in [3.63, 3.8) is 0 Å². The van der Waals surface area contributed by atoms with Crippen molar-refractivity contribution >= 4 is 40.1 Å². The fourth-order valence-corrected chi connectivity index (χ4v) is 4.63. The second-order valence-corrected chi connectivity index (χ2v) is 11.2. The summed E-state index contributed by atoms with van der Waals surface area (Å²) in [5.74, 6) is 2.28. The standard InChI is InChI=1S/C21H20N2O5.C10H16N2O.C7H10N2O/c1-26-19-11-14(22)5-9-18(19)21(24)28-16-8-10-17(20(12-16)27-2)13-3-6-15(23-25)7-4-13;1-4-13-10-7-8(12(2)3)5-6-9(10)11;1-10-7-4-5(8)2-3-6(7)9/h3-12,23,25H,22H2,1-2H3;5-7H,4,11H2,1-3H3;2-4H,8-9H2,1H3/p+3. The van der Waals surface area contributed by atoms with E-state index in [0.717, 1.165) is 45.2 Å². The van der Waals surface area contributed by atoms with Crippen LogP contribution in [-0.2, 0) is 0 Å². The van der Waals surface area contributed by atoms with Gasteiger partial charge in [-0.25, -0.2) is 10.0 Å². The SMILES string of the molecule is CCOc1cc(N(C)C)ccc1[NH3+].COc1cc(N)ccc1C(=O)Oc1ccc(-c2ccc([NH2+]O)cc2)c(OC)c1.COc1cc(N)ccc1[NH3+]. The van der Waals surface area contributed by atoms with Gasteiger partial charge in [0.05, 0.1) is 27.9 Å². The van der Waals surface area contributed by atoms with Crippen molar-refractivity contribution in [2.75, 3.05) is 58.4 Å². The number of hydrogen-bond acceptors (Lipinski definition) is 10. The number of esters is 1. The number of rotatable bonds is 10. The van der Waals surface area contributed by atoms with E-state index in [2.05, 4.69) is 11.5 Å². The summed E-state index contributed by atoms with van der Waals surface area (Å²) in [6, 6.07) is 28.6. The third-order valence-corrected chi connectivity index (χ3v) is 7.38. The molecule has 5 rings (SSSR count). The van der Waals surface area contributed by atoms with Crippen LogP contribution in [0, 0.1) is 0 Å². The zero-order chi connectivity index (χ0) is 37.5. The molecule has 5 aromatic rings. The van der Waals surface area contributed by atoms with Crippen LogP contribution in [0.1, 0.15) is 17.3 Å². The Morgan fingerprint density at radius 2 is 1.31 bits per heavy atom. The molecular weight excluding hydrogens is 652 g/mol. The number of benzene rings is 5. The predicted molar refractivity (Wildman–Crippen MR) is 199 cm³/mol. The van der Waals surface area contributed by atoms with Gasteiger partial charge in [-0.05, 0) is 61.0 Å². The van der Waals surface area contributed by atoms with Gasteiger partial charge < -0.3 is 51.5 Å². The first-order valence-corrected chi connectivity index (χ1v) is 15.9. The van der Waals surface area contributed by atoms with Crippen LogP contribution in [0.25, 0.3) is 11.1 Å². The quantitative estimate of drug-likeness (QED) is 0.0535. The molecule has 0 aliphatic heterocycles. The number of carbonyl (C=O) groups is 1. The van der Waals surface area contributed by atoms with Crippen LogP contribution in [0.3, 0.4) is 0 Å². The molecule has 51 heavy (non-hydrogen) atoms. The topological polar surface area (TPSA) is 211 Å². The summed E-state index contributed by atoms with van der Waals surface area (Å²) in [5.41, 5.74) is 26.7. The molecular formula is C38H49N6O7+3. The van der Waals surface area contributed by atoms with Crippen molar-refractivity contribution in [2.45, 2.75) is 6.92 Å². The highest BCUT2D eigenvalue weighted by atomic mass is 16.5. The molecule has 0 spiro atoms. The number of nitrogen functional groups attached to an aromatic ring is 2. The zero-order valence-corrected chi connectivity index (χ0v) is 29.9. The minimum absolute atomic E-state index is 0.274. The van der Waals surface area contributed by atoms with Crippen LogP contribution in [0.2, 0.25) is 0 Å². The molecule has 0 aliphatic carbocycles. The first kappa shape index (κ1) is 39.4. The molecule has 0 aromatic heterocycles. The second kappa shape index (κ2) is 19.3. The first-order chi connectivity index (χ1) is 24.4. The van der Waals surface area contributed by atoms with Crippen LogP contribution in [0.4, 0.5) is 34.1 Å². The molecule has 13 N–H and O–H groups in total. The minimum atomic E-state index is -0.561. The van der Waals surface area contributed by atoms with Crippen molar-refractivity contribution < 1.29 is 50.6 Å². The monoisotopic (exact) mass is 701 g/mol. The number of nitrogens with zero attached hydrogens (tertiary/aromatic N) is 1. The summed E-state index contributed by atoms with van der Waals surface area (Å²) in [4.78, 5) is 14.6. The van der Waals surface area contributed by atoms with E-state index in [0.29, 0.717) is 40.9 Å². The van der Waals surface area contributed by atoms with Gasteiger partial charge in [0.25, 0.3) is 0 Å². The van der Waals surface area contributed by atoms with Gasteiger partial charge in [0.2, 0.25) is 0 Å². The number of anilines is 3. The van der Waals surface area contributed by atoms with E-state index in [1.165, 1.54) is 7.11 Å². The Morgan fingerprint density at radius 1 is 0.725 bits per heavy atom. The summed E-state index contributed by atoms with van der Waals surface area (Å²) in [6.07, 6.45) is 0. The molecule has 0 heterocycles. The van der Waals surface area contributed by atoms with Crippen LogP contribution in [-0.4, -0.2) is 53.2 Å². The molecule has 0 saturated carbocycles. The lowest BCUT2D eigenvalue weighted by Gasteiger charge is -2.13. The Labute approximate surface area is 298 Å². The van der Waals surface area contributed by atoms with E-state index in [1.54, 1.807) is 74.9 Å². The predicted octanol–water partition coefficient (Wildman–Crippen LogP) is 3.93. The number of nitrogens with two attached hydrogens (primary N) is 3. The Balaban J connectivity index is 0.000000250. The van der Waals surface area contributed by atoms with Crippen LogP contribution >= 0.6 is 0 Å². The highest BCUT2D eigenvalue weighted by molar-refractivity contribution is 5.94. The summed E-state index contributed by atoms with van der Waals surface area (Å²) in [6.45, 7) is 2.65. The van der Waals surface area contributed by atoms with Gasteiger partial charge in [-0.15, -0.1) is 0 Å². The van der Waals surface area contributed by atoms with Crippen molar-refractivity contribution in [1.29, 1.82) is 0 Å². The maximum absolute atomic E-state index is 12.5. The van der Waals surface area contributed by atoms with Gasteiger partial charge in [0, 0.05) is 85.3 Å². The second-order valence-electron chi connectivity index (χ2n) is 11.2. The van der Waals surface area contributed by atoms with Gasteiger partial charge in [0.15, 0.2) is 28.6 Å². The fraction of sp³-hybridized carbons (Fsp3) is 0.184. The van der Waals surface area contributed by atoms with Crippen molar-refractivity contribution in [3.05, 3.63) is 103 Å². The van der Waals surface area contributed by atoms with Crippen molar-refractivity contribution in [1.82, 2.24) is 0 Å². The van der Waals surface area contributed by atoms with E-state index in [1.807, 2.05) is 62.3 Å². The lowest BCUT2D eigenvalue weighted by molar-refractivity contribution is -0.825. The van der Waals surface area contributed by atoms with Gasteiger partial charge >= 0.3 is 5.97 Å². The maximum atomic E-state index is 12.5. The molecule has 0 bridgehead atoms. The molecule has 0 radical (unpaired) electrons. The number of hydrogen-bond donors (Lipinski definition) is 6. The molecule has 13 nitrogen and oxygen atoms in total. The smallest absolute Gasteiger partial charge is 0.347 e. The largest absolute Gasteiger partial charge is 0.496 e. The fourth-order valence-electron chi connectivity index (χ4n) is 4.63. The Bertz CT molecular complexity index is 1880. The van der Waals surface area contributed by atoms with Gasteiger partial charge in [-0.1, -0.05) is 0 Å². The summed E-state index contributed by atoms with van der Waals surface area (Å²) in [5, 5.41) is 9.05. The average molecular weight is 702 g/mol. The Hall–Kier alpha value is -5.99. The minimum Gasteiger partial charge on any atom is -0.496 e. The number of carbonyl (C=O) groups excluding carboxylic acids is 1. The van der Waals surface area contributed by atoms with E-state index < -0.39 is 5.97 Å². The Morgan fingerprint density at radius 3 is 1.88 bits per heavy atom. The number of quaternary nitrogens is 3. The molecule has 0 amide bonds. The van der Waals surface area contributed by atoms with Crippen LogP contribution < -0.4 is 57.0 Å². The van der Waals surface area contributed by atoms with Gasteiger partial charge in [-0.3, -0.25) is 0 Å². The van der Waals surface area contributed by atoms with Gasteiger partial charge in [-0.2, -0.15) is 5.48 Å². The van der Waals surface area contributed by atoms with Crippen molar-refractivity contribution in [2.24, 2.45) is 0 Å². The van der Waals surface area contributed by atoms with E-state index in [4.69, 9.17) is 40.4 Å². The molecule has 0 fully saturated rings. The molecule has 0 unspecified atom stereocenters. The van der Waals surface area contributed by atoms with Crippen LogP contribution in [0.15, 0.2) is 97.1 Å². The molecule has 0 atom stereocenters. The normalized spacial score (nSPS) is 10.1. The summed E-state index contributed by atoms with van der Waals surface area (Å²) in [7, 11) is 8.62. The first-order valence-electron chi connectivity index (χ1n) is 15.9. The summed E-state index contributed by atoms with van der Waals surface area (Å²) >= 11 is 0. The molecule has 270 valence electrons. The van der Waals surface area contributed by atoms with E-state index in [9.17, 15) is 4.79 Å². The van der Waals surface area contributed by atoms with E-state index >= 15 is 0 Å². The average Bonchev–Trinajstić information content (AvgIpc) is 3.13. The highest BCUT2D eigenvalue weighted by Crippen LogP contribution is 2.34. The van der Waals surface area contributed by atoms with E-state index in [-0.39, 0.29) is 5.56 Å². The summed E-state index contributed by atoms with van der Waals surface area (Å²) < 4.78 is 26.6. The maximum Gasteiger partial charge on any atom is 0.347 e. The molecule has 0 aliphatic rings. The zero-order valence-electron chi connectivity index (χ0n) is 29.9. The third-order valence-electron chi connectivity index (χ3n) is 7.38. The third kappa shape index (κ3) is 11.3. The molecule has 0 saturated heterocycles. The van der Waals surface area contributed by atoms with Gasteiger partial charge in [0.1, 0.15) is 22.8 Å².